The van der Waals surface area contributed by atoms with Gasteiger partial charge >= 0.3 is 0 Å². The third kappa shape index (κ3) is 2.28. The maximum Gasteiger partial charge on any atom is 0.176 e. The van der Waals surface area contributed by atoms with Crippen molar-refractivity contribution in [2.24, 2.45) is 10.2 Å². The maximum absolute atomic E-state index is 4.64. The van der Waals surface area contributed by atoms with Crippen LogP contribution in [0.1, 0.15) is 11.1 Å². The number of hydrogen-bond acceptors (Lipinski definition) is 4. The van der Waals surface area contributed by atoms with Crippen LogP contribution in [0, 0.1) is 0 Å². The molecule has 1 aliphatic heterocycles. The van der Waals surface area contributed by atoms with Crippen LogP contribution in [0.2, 0.25) is 0 Å². The molecule has 0 atom stereocenters. The van der Waals surface area contributed by atoms with Crippen LogP contribution in [0.3, 0.4) is 0 Å². The summed E-state index contributed by atoms with van der Waals surface area (Å²) in [6.07, 6.45) is 0. The van der Waals surface area contributed by atoms with Gasteiger partial charge in [0.05, 0.1) is 0 Å². The molecule has 0 N–H and O–H groups in total. The van der Waals surface area contributed by atoms with Crippen molar-refractivity contribution in [3.05, 3.63) is 71.8 Å². The lowest BCUT2D eigenvalue weighted by molar-refractivity contribution is 0.438. The van der Waals surface area contributed by atoms with Gasteiger partial charge in [-0.25, -0.2) is 10.0 Å². The Labute approximate surface area is 118 Å². The van der Waals surface area contributed by atoms with Crippen molar-refractivity contribution < 1.29 is 0 Å². The lowest BCUT2D eigenvalue weighted by Gasteiger charge is -2.28. The monoisotopic (exact) mass is 264 g/mol. The second-order valence-corrected chi connectivity index (χ2v) is 4.63. The molecule has 2 aromatic rings. The Morgan fingerprint density at radius 3 is 1.30 bits per heavy atom. The van der Waals surface area contributed by atoms with Crippen molar-refractivity contribution in [1.29, 1.82) is 0 Å². The quantitative estimate of drug-likeness (QED) is 0.835. The molecule has 0 radical (unpaired) electrons. The summed E-state index contributed by atoms with van der Waals surface area (Å²) in [6.45, 7) is 0. The Morgan fingerprint density at radius 1 is 0.600 bits per heavy atom. The van der Waals surface area contributed by atoms with E-state index in [0.717, 1.165) is 22.8 Å². The minimum atomic E-state index is 0.841. The first-order chi connectivity index (χ1) is 9.75. The van der Waals surface area contributed by atoms with E-state index in [1.165, 1.54) is 0 Å². The Hall–Kier alpha value is -2.62. The van der Waals surface area contributed by atoms with Gasteiger partial charge in [-0.05, 0) is 0 Å². The van der Waals surface area contributed by atoms with Crippen LogP contribution in [-0.2, 0) is 0 Å². The summed E-state index contributed by atoms with van der Waals surface area (Å²) in [6, 6.07) is 20.1. The Kier molecular flexibility index (Phi) is 3.21. The van der Waals surface area contributed by atoms with Crippen LogP contribution >= 0.6 is 0 Å². The van der Waals surface area contributed by atoms with E-state index < -0.39 is 0 Å². The zero-order chi connectivity index (χ0) is 13.9. The zero-order valence-electron chi connectivity index (χ0n) is 11.6. The first-order valence-corrected chi connectivity index (χ1v) is 6.51. The van der Waals surface area contributed by atoms with Crippen molar-refractivity contribution in [1.82, 2.24) is 10.0 Å². The van der Waals surface area contributed by atoms with Gasteiger partial charge in [-0.2, -0.15) is 10.2 Å². The van der Waals surface area contributed by atoms with E-state index in [4.69, 9.17) is 0 Å². The third-order valence-electron chi connectivity index (χ3n) is 3.17. The van der Waals surface area contributed by atoms with Gasteiger partial charge in [0.2, 0.25) is 0 Å². The van der Waals surface area contributed by atoms with Crippen LogP contribution in [-0.4, -0.2) is 35.8 Å². The summed E-state index contributed by atoms with van der Waals surface area (Å²) >= 11 is 0. The third-order valence-corrected chi connectivity index (χ3v) is 3.17. The molecule has 0 spiro atoms. The number of amidine groups is 2. The van der Waals surface area contributed by atoms with Gasteiger partial charge in [-0.15, -0.1) is 0 Å². The van der Waals surface area contributed by atoms with Gasteiger partial charge in [-0.3, -0.25) is 0 Å². The predicted molar refractivity (Wildman–Crippen MR) is 81.5 cm³/mol. The van der Waals surface area contributed by atoms with E-state index in [2.05, 4.69) is 10.2 Å². The molecule has 0 bridgehead atoms. The average molecular weight is 264 g/mol. The van der Waals surface area contributed by atoms with Crippen molar-refractivity contribution in [3.63, 3.8) is 0 Å². The molecule has 1 aliphatic rings. The number of nitrogens with zero attached hydrogens (tertiary/aromatic N) is 4. The highest BCUT2D eigenvalue weighted by atomic mass is 15.6. The summed E-state index contributed by atoms with van der Waals surface area (Å²) in [5, 5.41) is 12.9. The molecular weight excluding hydrogens is 248 g/mol. The fourth-order valence-corrected chi connectivity index (χ4v) is 2.17. The molecule has 100 valence electrons. The normalized spacial score (nSPS) is 14.9. The van der Waals surface area contributed by atoms with Crippen LogP contribution in [0.4, 0.5) is 0 Å². The topological polar surface area (TPSA) is 31.2 Å². The minimum absolute atomic E-state index is 0.841. The highest BCUT2D eigenvalue weighted by molar-refractivity contribution is 6.05. The van der Waals surface area contributed by atoms with E-state index in [1.54, 1.807) is 0 Å². The zero-order valence-corrected chi connectivity index (χ0v) is 11.6. The van der Waals surface area contributed by atoms with Crippen molar-refractivity contribution in [3.8, 4) is 0 Å². The molecule has 4 heteroatoms. The van der Waals surface area contributed by atoms with Gasteiger partial charge in [-0.1, -0.05) is 60.7 Å². The van der Waals surface area contributed by atoms with E-state index in [-0.39, 0.29) is 0 Å². The largest absolute Gasteiger partial charge is 0.247 e. The molecule has 1 heterocycles. The molecule has 3 rings (SSSR count). The average Bonchev–Trinajstić information content (AvgIpc) is 2.51. The number of hydrazone groups is 2. The summed E-state index contributed by atoms with van der Waals surface area (Å²) < 4.78 is 0. The molecule has 20 heavy (non-hydrogen) atoms. The maximum atomic E-state index is 4.64. The van der Waals surface area contributed by atoms with E-state index in [9.17, 15) is 0 Å². The van der Waals surface area contributed by atoms with Crippen molar-refractivity contribution >= 4 is 11.7 Å². The molecule has 4 nitrogen and oxygen atoms in total. The minimum Gasteiger partial charge on any atom is -0.247 e. The number of benzene rings is 2. The van der Waals surface area contributed by atoms with Crippen LogP contribution in [0.15, 0.2) is 70.9 Å². The Morgan fingerprint density at radius 2 is 0.950 bits per heavy atom. The second kappa shape index (κ2) is 5.17. The first kappa shape index (κ1) is 12.4. The molecule has 0 amide bonds. The lowest BCUT2D eigenvalue weighted by Crippen LogP contribution is -2.37. The summed E-state index contributed by atoms with van der Waals surface area (Å²) in [4.78, 5) is 0. The van der Waals surface area contributed by atoms with Crippen LogP contribution in [0.25, 0.3) is 0 Å². The molecule has 0 aliphatic carbocycles. The highest BCUT2D eigenvalue weighted by Crippen LogP contribution is 2.15. The van der Waals surface area contributed by atoms with Crippen molar-refractivity contribution in [2.75, 3.05) is 14.1 Å². The fourth-order valence-electron chi connectivity index (χ4n) is 2.17. The lowest BCUT2D eigenvalue weighted by atomic mass is 10.2. The highest BCUT2D eigenvalue weighted by Gasteiger charge is 2.20. The molecular formula is C16H16N4. The Bertz CT molecular complexity index is 587. The number of rotatable bonds is 2. The van der Waals surface area contributed by atoms with Crippen molar-refractivity contribution in [2.45, 2.75) is 0 Å². The molecule has 0 unspecified atom stereocenters. The molecule has 0 saturated carbocycles. The van der Waals surface area contributed by atoms with Crippen LogP contribution in [0.5, 0.6) is 0 Å². The van der Waals surface area contributed by atoms with Gasteiger partial charge in [0.1, 0.15) is 0 Å². The standard InChI is InChI=1S/C16H16N4/c1-19-15(13-9-5-3-6-10-13)18-20(2)16(17-19)14-11-7-4-8-12-14/h3-12H,1-2H3. The second-order valence-electron chi connectivity index (χ2n) is 4.63. The summed E-state index contributed by atoms with van der Waals surface area (Å²) in [5.41, 5.74) is 2.11. The fraction of sp³-hybridized carbons (Fsp3) is 0.125. The van der Waals surface area contributed by atoms with Crippen LogP contribution < -0.4 is 0 Å². The van der Waals surface area contributed by atoms with E-state index in [0.29, 0.717) is 0 Å². The molecule has 0 aromatic heterocycles. The SMILES string of the molecule is CN1N=C(c2ccccc2)N(C)N=C1c1ccccc1. The molecule has 0 saturated heterocycles. The van der Waals surface area contributed by atoms with Gasteiger partial charge in [0.25, 0.3) is 0 Å². The summed E-state index contributed by atoms with van der Waals surface area (Å²) in [7, 11) is 3.84. The van der Waals surface area contributed by atoms with E-state index in [1.807, 2.05) is 84.8 Å². The molecule has 0 fully saturated rings. The first-order valence-electron chi connectivity index (χ1n) is 6.51. The van der Waals surface area contributed by atoms with Gasteiger partial charge in [0, 0.05) is 25.2 Å². The number of hydrogen-bond donors (Lipinski definition) is 0. The predicted octanol–water partition coefficient (Wildman–Crippen LogP) is 2.59. The molecule has 2 aromatic carbocycles. The van der Waals surface area contributed by atoms with Gasteiger partial charge < -0.3 is 0 Å². The smallest absolute Gasteiger partial charge is 0.176 e. The van der Waals surface area contributed by atoms with E-state index >= 15 is 0 Å². The summed E-state index contributed by atoms with van der Waals surface area (Å²) in [5.74, 6) is 1.68. The Balaban J connectivity index is 1.95. The van der Waals surface area contributed by atoms with Gasteiger partial charge in [0.15, 0.2) is 11.7 Å².